The second-order valence-electron chi connectivity index (χ2n) is 7.02. The van der Waals surface area contributed by atoms with Gasteiger partial charge in [0.2, 0.25) is 0 Å². The van der Waals surface area contributed by atoms with E-state index in [-0.39, 0.29) is 17.5 Å². The predicted molar refractivity (Wildman–Crippen MR) is 81.1 cm³/mol. The van der Waals surface area contributed by atoms with Gasteiger partial charge in [-0.2, -0.15) is 0 Å². The number of piperidine rings is 1. The van der Waals surface area contributed by atoms with Gasteiger partial charge in [-0.3, -0.25) is 9.69 Å². The summed E-state index contributed by atoms with van der Waals surface area (Å²) in [7, 11) is 0. The molecule has 3 rings (SSSR count). The zero-order chi connectivity index (χ0) is 14.7. The maximum atomic E-state index is 11.9. The first-order valence-electron chi connectivity index (χ1n) is 8.77. The minimum absolute atomic E-state index is 0.0122. The van der Waals surface area contributed by atoms with Crippen LogP contribution in [0.4, 0.5) is 0 Å². The molecule has 4 nitrogen and oxygen atoms in total. The normalized spacial score (nSPS) is 32.6. The zero-order valence-corrected chi connectivity index (χ0v) is 13.3. The van der Waals surface area contributed by atoms with Gasteiger partial charge < -0.3 is 9.47 Å². The van der Waals surface area contributed by atoms with E-state index < -0.39 is 0 Å². The van der Waals surface area contributed by atoms with Gasteiger partial charge in [-0.25, -0.2) is 0 Å². The smallest absolute Gasteiger partial charge is 0.310 e. The number of rotatable bonds is 4. The van der Waals surface area contributed by atoms with Gasteiger partial charge in [0.25, 0.3) is 0 Å². The topological polar surface area (TPSA) is 38.8 Å². The Morgan fingerprint density at radius 1 is 1.24 bits per heavy atom. The first kappa shape index (κ1) is 15.3. The quantitative estimate of drug-likeness (QED) is 0.748. The molecule has 2 atom stereocenters. The molecule has 1 aliphatic carbocycles. The molecule has 2 heterocycles. The molecule has 0 aromatic heterocycles. The van der Waals surface area contributed by atoms with Crippen molar-refractivity contribution in [3.05, 3.63) is 0 Å². The molecule has 1 spiro atoms. The van der Waals surface area contributed by atoms with E-state index in [9.17, 15) is 4.79 Å². The van der Waals surface area contributed by atoms with Crippen LogP contribution in [0.5, 0.6) is 0 Å². The Morgan fingerprint density at radius 2 is 2.05 bits per heavy atom. The standard InChI is InChI=1S/C17H29NO3/c1-2-20-16(19)14-6-5-11-18(12-14)13-15-7-10-17(21-15)8-3-4-9-17/h14-15H,2-13H2,1H3/t14-,15?/m1/s1. The number of esters is 1. The van der Waals surface area contributed by atoms with E-state index in [2.05, 4.69) is 4.90 Å². The van der Waals surface area contributed by atoms with E-state index in [0.717, 1.165) is 32.5 Å². The number of carbonyl (C=O) groups excluding carboxylic acids is 1. The third-order valence-corrected chi connectivity index (χ3v) is 5.44. The van der Waals surface area contributed by atoms with Crippen LogP contribution in [-0.2, 0) is 14.3 Å². The molecular weight excluding hydrogens is 266 g/mol. The van der Waals surface area contributed by atoms with Crippen molar-refractivity contribution in [2.45, 2.75) is 70.0 Å². The summed E-state index contributed by atoms with van der Waals surface area (Å²) in [4.78, 5) is 14.3. The first-order chi connectivity index (χ1) is 10.2. The van der Waals surface area contributed by atoms with Gasteiger partial charge in [0, 0.05) is 13.1 Å². The molecular formula is C17H29NO3. The van der Waals surface area contributed by atoms with Crippen LogP contribution in [0.3, 0.4) is 0 Å². The lowest BCUT2D eigenvalue weighted by atomic mass is 9.97. The summed E-state index contributed by atoms with van der Waals surface area (Å²) >= 11 is 0. The third kappa shape index (κ3) is 3.59. The molecule has 3 fully saturated rings. The zero-order valence-electron chi connectivity index (χ0n) is 13.3. The van der Waals surface area contributed by atoms with Crippen LogP contribution in [0, 0.1) is 5.92 Å². The summed E-state index contributed by atoms with van der Waals surface area (Å²) in [5, 5.41) is 0. The van der Waals surface area contributed by atoms with Crippen molar-refractivity contribution in [1.29, 1.82) is 0 Å². The van der Waals surface area contributed by atoms with Crippen molar-refractivity contribution < 1.29 is 14.3 Å². The molecule has 0 radical (unpaired) electrons. The van der Waals surface area contributed by atoms with Gasteiger partial charge >= 0.3 is 5.97 Å². The Labute approximate surface area is 128 Å². The number of nitrogens with zero attached hydrogens (tertiary/aromatic N) is 1. The second-order valence-corrected chi connectivity index (χ2v) is 7.02. The van der Waals surface area contributed by atoms with Crippen molar-refractivity contribution in [3.8, 4) is 0 Å². The van der Waals surface area contributed by atoms with Crippen molar-refractivity contribution in [2.75, 3.05) is 26.2 Å². The summed E-state index contributed by atoms with van der Waals surface area (Å²) in [5.74, 6) is 0.0577. The minimum Gasteiger partial charge on any atom is -0.466 e. The van der Waals surface area contributed by atoms with Gasteiger partial charge in [0.15, 0.2) is 0 Å². The SMILES string of the molecule is CCOC(=O)[C@@H]1CCCN(CC2CCC3(CCCC3)O2)C1. The highest BCUT2D eigenvalue weighted by atomic mass is 16.5. The maximum Gasteiger partial charge on any atom is 0.310 e. The molecule has 1 saturated carbocycles. The van der Waals surface area contributed by atoms with Crippen molar-refractivity contribution >= 4 is 5.97 Å². The van der Waals surface area contributed by atoms with Gasteiger partial charge in [-0.15, -0.1) is 0 Å². The van der Waals surface area contributed by atoms with Gasteiger partial charge in [-0.05, 0) is 52.0 Å². The molecule has 3 aliphatic rings. The molecule has 120 valence electrons. The monoisotopic (exact) mass is 295 g/mol. The minimum atomic E-state index is -0.0122. The molecule has 4 heteroatoms. The third-order valence-electron chi connectivity index (χ3n) is 5.44. The van der Waals surface area contributed by atoms with Crippen LogP contribution in [0.1, 0.15) is 58.3 Å². The fourth-order valence-electron chi connectivity index (χ4n) is 4.37. The van der Waals surface area contributed by atoms with Crippen molar-refractivity contribution in [3.63, 3.8) is 0 Å². The van der Waals surface area contributed by atoms with E-state index in [1.54, 1.807) is 0 Å². The Kier molecular flexibility index (Phi) is 4.85. The van der Waals surface area contributed by atoms with Crippen LogP contribution in [0.2, 0.25) is 0 Å². The highest BCUT2D eigenvalue weighted by molar-refractivity contribution is 5.72. The number of likely N-dealkylation sites (tertiary alicyclic amines) is 1. The average Bonchev–Trinajstić information content (AvgIpc) is 3.10. The van der Waals surface area contributed by atoms with Crippen LogP contribution in [0.25, 0.3) is 0 Å². The van der Waals surface area contributed by atoms with Gasteiger partial charge in [0.05, 0.1) is 24.2 Å². The molecule has 2 saturated heterocycles. The maximum absolute atomic E-state index is 11.9. The summed E-state index contributed by atoms with van der Waals surface area (Å²) in [6, 6.07) is 0. The molecule has 0 amide bonds. The van der Waals surface area contributed by atoms with Crippen LogP contribution in [-0.4, -0.2) is 48.8 Å². The Bertz CT molecular complexity index is 365. The van der Waals surface area contributed by atoms with Gasteiger partial charge in [-0.1, -0.05) is 12.8 Å². The Morgan fingerprint density at radius 3 is 2.81 bits per heavy atom. The van der Waals surface area contributed by atoms with E-state index in [4.69, 9.17) is 9.47 Å². The Hall–Kier alpha value is -0.610. The average molecular weight is 295 g/mol. The summed E-state index contributed by atoms with van der Waals surface area (Å²) < 4.78 is 11.6. The number of hydrogen-bond donors (Lipinski definition) is 0. The highest BCUT2D eigenvalue weighted by Crippen LogP contribution is 2.43. The second kappa shape index (κ2) is 6.66. The summed E-state index contributed by atoms with van der Waals surface area (Å²) in [6.45, 7) is 5.32. The Balaban J connectivity index is 1.48. The van der Waals surface area contributed by atoms with E-state index in [0.29, 0.717) is 12.7 Å². The number of ether oxygens (including phenoxy) is 2. The molecule has 0 N–H and O–H groups in total. The fraction of sp³-hybridized carbons (Fsp3) is 0.941. The molecule has 21 heavy (non-hydrogen) atoms. The van der Waals surface area contributed by atoms with Crippen LogP contribution >= 0.6 is 0 Å². The van der Waals surface area contributed by atoms with Crippen molar-refractivity contribution in [1.82, 2.24) is 4.90 Å². The van der Waals surface area contributed by atoms with E-state index in [1.807, 2.05) is 6.92 Å². The van der Waals surface area contributed by atoms with E-state index >= 15 is 0 Å². The number of carbonyl (C=O) groups is 1. The predicted octanol–water partition coefficient (Wildman–Crippen LogP) is 2.75. The van der Waals surface area contributed by atoms with E-state index in [1.165, 1.54) is 38.5 Å². The largest absolute Gasteiger partial charge is 0.466 e. The number of hydrogen-bond acceptors (Lipinski definition) is 4. The molecule has 0 bridgehead atoms. The van der Waals surface area contributed by atoms with Gasteiger partial charge in [0.1, 0.15) is 0 Å². The lowest BCUT2D eigenvalue weighted by Gasteiger charge is -2.33. The summed E-state index contributed by atoms with van der Waals surface area (Å²) in [6.07, 6.45) is 10.1. The molecule has 2 aliphatic heterocycles. The lowest BCUT2D eigenvalue weighted by molar-refractivity contribution is -0.150. The molecule has 0 aromatic carbocycles. The molecule has 0 aromatic rings. The highest BCUT2D eigenvalue weighted by Gasteiger charge is 2.42. The van der Waals surface area contributed by atoms with Crippen molar-refractivity contribution in [2.24, 2.45) is 5.92 Å². The summed E-state index contributed by atoms with van der Waals surface area (Å²) in [5.41, 5.74) is 0.223. The van der Waals surface area contributed by atoms with Crippen LogP contribution < -0.4 is 0 Å². The lowest BCUT2D eigenvalue weighted by Crippen LogP contribution is -2.43. The van der Waals surface area contributed by atoms with Crippen LogP contribution in [0.15, 0.2) is 0 Å². The first-order valence-corrected chi connectivity index (χ1v) is 8.77. The fourth-order valence-corrected chi connectivity index (χ4v) is 4.37. The molecule has 1 unspecified atom stereocenters.